The lowest BCUT2D eigenvalue weighted by molar-refractivity contribution is -0.312. The molecule has 1 heterocycles. The molecule has 1 amide bonds. The van der Waals surface area contributed by atoms with E-state index in [9.17, 15) is 19.5 Å². The lowest BCUT2D eigenvalue weighted by Crippen LogP contribution is -2.37. The smallest absolute Gasteiger partial charge is 0.340 e. The van der Waals surface area contributed by atoms with E-state index in [0.29, 0.717) is 47.2 Å². The van der Waals surface area contributed by atoms with Gasteiger partial charge in [0, 0.05) is 12.5 Å². The lowest BCUT2D eigenvalue weighted by Gasteiger charge is -2.29. The van der Waals surface area contributed by atoms with Crippen molar-refractivity contribution in [3.8, 4) is 5.75 Å². The summed E-state index contributed by atoms with van der Waals surface area (Å²) in [6, 6.07) is 3.64. The Balaban J connectivity index is 1.70. The summed E-state index contributed by atoms with van der Waals surface area (Å²) in [5.41, 5.74) is 1.83. The van der Waals surface area contributed by atoms with Gasteiger partial charge in [0.25, 0.3) is 0 Å². The Morgan fingerprint density at radius 3 is 2.52 bits per heavy atom. The fraction of sp³-hybridized carbons (Fsp3) is 0.500. The van der Waals surface area contributed by atoms with Crippen LogP contribution in [0.2, 0.25) is 0 Å². The van der Waals surface area contributed by atoms with Crippen molar-refractivity contribution in [1.82, 2.24) is 5.32 Å². The summed E-state index contributed by atoms with van der Waals surface area (Å²) in [5.74, 6) is -0.783. The summed E-state index contributed by atoms with van der Waals surface area (Å²) in [4.78, 5) is 35.8. The monoisotopic (exact) mass is 400 g/mol. The molecule has 1 aliphatic rings. The second-order valence-corrected chi connectivity index (χ2v) is 7.85. The highest BCUT2D eigenvalue weighted by atomic mass is 16.5. The number of carboxylic acids is 1. The maximum Gasteiger partial charge on any atom is 0.340 e. The van der Waals surface area contributed by atoms with Crippen LogP contribution in [0, 0.1) is 25.7 Å². The number of carbonyl (C=O) groups is 2. The first kappa shape index (κ1) is 20.9. The number of ether oxygens (including phenoxy) is 1. The number of amides is 1. The fourth-order valence-corrected chi connectivity index (χ4v) is 4.09. The number of rotatable bonds is 6. The molecule has 0 spiro atoms. The number of methoxy groups -OCH3 is 1. The second kappa shape index (κ2) is 8.68. The van der Waals surface area contributed by atoms with Crippen LogP contribution in [0.25, 0.3) is 11.0 Å². The van der Waals surface area contributed by atoms with Crippen LogP contribution in [-0.4, -0.2) is 25.5 Å². The Labute approximate surface area is 169 Å². The Kier molecular flexibility index (Phi) is 6.25. The predicted octanol–water partition coefficient (Wildman–Crippen LogP) is 1.63. The van der Waals surface area contributed by atoms with Crippen molar-refractivity contribution in [2.75, 3.05) is 13.7 Å². The minimum absolute atomic E-state index is 0.0739. The molecular formula is C22H26NO6-. The number of aliphatic carboxylic acids is 1. The Bertz CT molecular complexity index is 985. The average Bonchev–Trinajstić information content (AvgIpc) is 2.68. The Morgan fingerprint density at radius 2 is 1.90 bits per heavy atom. The van der Waals surface area contributed by atoms with Crippen molar-refractivity contribution in [3.63, 3.8) is 0 Å². The van der Waals surface area contributed by atoms with E-state index in [1.54, 1.807) is 20.1 Å². The van der Waals surface area contributed by atoms with Gasteiger partial charge in [-0.1, -0.05) is 0 Å². The Hall–Kier alpha value is -2.83. The minimum Gasteiger partial charge on any atom is -0.550 e. The molecule has 1 saturated carbocycles. The van der Waals surface area contributed by atoms with E-state index >= 15 is 0 Å². The van der Waals surface area contributed by atoms with Crippen molar-refractivity contribution in [2.24, 2.45) is 11.8 Å². The van der Waals surface area contributed by atoms with E-state index in [2.05, 4.69) is 5.32 Å². The zero-order valence-corrected chi connectivity index (χ0v) is 17.0. The quantitative estimate of drug-likeness (QED) is 0.739. The van der Waals surface area contributed by atoms with Gasteiger partial charge in [-0.2, -0.15) is 0 Å². The molecule has 0 aliphatic heterocycles. The van der Waals surface area contributed by atoms with E-state index in [0.717, 1.165) is 18.4 Å². The molecule has 1 aromatic carbocycles. The third-order valence-corrected chi connectivity index (χ3v) is 5.81. The molecule has 0 radical (unpaired) electrons. The maximum atomic E-state index is 12.5. The third kappa shape index (κ3) is 4.60. The molecule has 0 atom stereocenters. The van der Waals surface area contributed by atoms with Crippen LogP contribution in [-0.2, 0) is 16.0 Å². The fourth-order valence-electron chi connectivity index (χ4n) is 4.09. The van der Waals surface area contributed by atoms with Crippen LogP contribution in [0.5, 0.6) is 5.75 Å². The summed E-state index contributed by atoms with van der Waals surface area (Å²) in [6.07, 6.45) is 2.57. The van der Waals surface area contributed by atoms with Gasteiger partial charge in [0.05, 0.1) is 24.5 Å². The first-order valence-electron chi connectivity index (χ1n) is 9.88. The molecule has 156 valence electrons. The molecule has 0 saturated heterocycles. The lowest BCUT2D eigenvalue weighted by atomic mass is 9.82. The van der Waals surface area contributed by atoms with Crippen LogP contribution >= 0.6 is 0 Å². The molecule has 2 aromatic rings. The second-order valence-electron chi connectivity index (χ2n) is 7.85. The summed E-state index contributed by atoms with van der Waals surface area (Å²) >= 11 is 0. The first-order valence-corrected chi connectivity index (χ1v) is 9.88. The van der Waals surface area contributed by atoms with Gasteiger partial charge in [0.2, 0.25) is 5.91 Å². The van der Waals surface area contributed by atoms with Crippen LogP contribution in [0.1, 0.15) is 42.4 Å². The number of hydrogen-bond acceptors (Lipinski definition) is 6. The molecular weight excluding hydrogens is 374 g/mol. The number of nitrogens with one attached hydrogen (secondary N) is 1. The topological polar surface area (TPSA) is 109 Å². The molecule has 1 N–H and O–H groups in total. The van der Waals surface area contributed by atoms with Gasteiger partial charge in [-0.05, 0) is 74.6 Å². The molecule has 3 rings (SSSR count). The standard InChI is InChI=1S/C22H27NO6/c1-12-8-17(28-3)20-13(2)16(22(27)29-18(20)9-12)10-19(24)23-11-14-4-6-15(7-5-14)21(25)26/h8-9,14-15H,4-7,10-11H2,1-3H3,(H,23,24)(H,25,26)/p-1. The number of hydrogen-bond donors (Lipinski definition) is 1. The first-order chi connectivity index (χ1) is 13.8. The van der Waals surface area contributed by atoms with E-state index in [1.165, 1.54) is 0 Å². The predicted molar refractivity (Wildman–Crippen MR) is 106 cm³/mol. The van der Waals surface area contributed by atoms with Crippen LogP contribution in [0.4, 0.5) is 0 Å². The molecule has 1 aromatic heterocycles. The van der Waals surface area contributed by atoms with Crippen LogP contribution in [0.3, 0.4) is 0 Å². The largest absolute Gasteiger partial charge is 0.550 e. The number of fused-ring (bicyclic) bond motifs is 1. The molecule has 0 bridgehead atoms. The van der Waals surface area contributed by atoms with Crippen LogP contribution in [0.15, 0.2) is 21.3 Å². The summed E-state index contributed by atoms with van der Waals surface area (Å²) in [7, 11) is 1.56. The van der Waals surface area contributed by atoms with Crippen molar-refractivity contribution >= 4 is 22.8 Å². The van der Waals surface area contributed by atoms with Crippen LogP contribution < -0.4 is 20.8 Å². The van der Waals surface area contributed by atoms with Gasteiger partial charge >= 0.3 is 5.63 Å². The van der Waals surface area contributed by atoms with Gasteiger partial charge in [0.15, 0.2) is 0 Å². The summed E-state index contributed by atoms with van der Waals surface area (Å²) < 4.78 is 10.9. The van der Waals surface area contributed by atoms with Crippen molar-refractivity contribution in [2.45, 2.75) is 46.0 Å². The van der Waals surface area contributed by atoms with E-state index in [1.807, 2.05) is 13.0 Å². The molecule has 1 aliphatic carbocycles. The third-order valence-electron chi connectivity index (χ3n) is 5.81. The number of carbonyl (C=O) groups excluding carboxylic acids is 2. The van der Waals surface area contributed by atoms with Crippen molar-refractivity contribution in [1.29, 1.82) is 0 Å². The SMILES string of the molecule is COc1cc(C)cc2oc(=O)c(CC(=O)NCC3CCC(C(=O)[O-])CC3)c(C)c12. The normalized spacial score (nSPS) is 19.1. The molecule has 7 heteroatoms. The Morgan fingerprint density at radius 1 is 1.21 bits per heavy atom. The summed E-state index contributed by atoms with van der Waals surface area (Å²) in [6.45, 7) is 4.15. The van der Waals surface area contributed by atoms with Gasteiger partial charge in [-0.3, -0.25) is 4.79 Å². The van der Waals surface area contributed by atoms with Gasteiger partial charge in [-0.15, -0.1) is 0 Å². The highest BCUT2D eigenvalue weighted by Crippen LogP contribution is 2.31. The maximum absolute atomic E-state index is 12.5. The number of aryl methyl sites for hydroxylation is 2. The molecule has 0 unspecified atom stereocenters. The summed E-state index contributed by atoms with van der Waals surface area (Å²) in [5, 5.41) is 14.5. The van der Waals surface area contributed by atoms with Gasteiger partial charge in [-0.25, -0.2) is 4.79 Å². The van der Waals surface area contributed by atoms with Crippen molar-refractivity contribution < 1.29 is 23.8 Å². The van der Waals surface area contributed by atoms with E-state index < -0.39 is 11.6 Å². The highest BCUT2D eigenvalue weighted by Gasteiger charge is 2.23. The molecule has 1 fully saturated rings. The van der Waals surface area contributed by atoms with E-state index in [-0.39, 0.29) is 24.2 Å². The zero-order valence-electron chi connectivity index (χ0n) is 17.0. The van der Waals surface area contributed by atoms with Gasteiger partial charge in [0.1, 0.15) is 11.3 Å². The molecule has 7 nitrogen and oxygen atoms in total. The number of carboxylic acid groups (broad SMARTS) is 1. The van der Waals surface area contributed by atoms with E-state index in [4.69, 9.17) is 9.15 Å². The zero-order chi connectivity index (χ0) is 21.1. The molecule has 29 heavy (non-hydrogen) atoms. The minimum atomic E-state index is -0.989. The highest BCUT2D eigenvalue weighted by molar-refractivity contribution is 5.89. The van der Waals surface area contributed by atoms with Gasteiger partial charge < -0.3 is 24.4 Å². The number of benzene rings is 1. The average molecular weight is 400 g/mol. The van der Waals surface area contributed by atoms with Crippen molar-refractivity contribution in [3.05, 3.63) is 39.2 Å².